The second kappa shape index (κ2) is 5.47. The highest BCUT2D eigenvalue weighted by molar-refractivity contribution is 7.81. The fraction of sp³-hybridized carbons (Fsp3) is 0.875. The molecule has 0 aromatic rings. The van der Waals surface area contributed by atoms with Crippen LogP contribution in [-0.4, -0.2) is 17.8 Å². The highest BCUT2D eigenvalue weighted by Gasteiger charge is 2.18. The van der Waals surface area contributed by atoms with Crippen molar-refractivity contribution in [2.24, 2.45) is 5.92 Å². The van der Waals surface area contributed by atoms with Crippen LogP contribution in [0.1, 0.15) is 27.2 Å². The number of thiol groups is 1. The highest BCUT2D eigenvalue weighted by atomic mass is 32.1. The molecule has 0 heterocycles. The van der Waals surface area contributed by atoms with Gasteiger partial charge in [0.1, 0.15) is 5.25 Å². The van der Waals surface area contributed by atoms with Crippen molar-refractivity contribution < 1.29 is 9.53 Å². The molecule has 1 atom stereocenters. The molecule has 0 amide bonds. The fourth-order valence-corrected chi connectivity index (χ4v) is 0.635. The Labute approximate surface area is 73.7 Å². The monoisotopic (exact) mass is 176 g/mol. The van der Waals surface area contributed by atoms with E-state index in [1.54, 1.807) is 0 Å². The van der Waals surface area contributed by atoms with E-state index in [9.17, 15) is 4.79 Å². The Morgan fingerprint density at radius 3 is 2.45 bits per heavy atom. The molecule has 0 rings (SSSR count). The van der Waals surface area contributed by atoms with Crippen LogP contribution in [0.25, 0.3) is 0 Å². The van der Waals surface area contributed by atoms with Crippen molar-refractivity contribution >= 4 is 18.6 Å². The summed E-state index contributed by atoms with van der Waals surface area (Å²) in [6.45, 7) is 6.37. The molecule has 2 nitrogen and oxygen atoms in total. The van der Waals surface area contributed by atoms with Crippen LogP contribution in [-0.2, 0) is 9.53 Å². The zero-order chi connectivity index (χ0) is 8.85. The van der Waals surface area contributed by atoms with Gasteiger partial charge >= 0.3 is 5.97 Å². The minimum Gasteiger partial charge on any atom is -0.465 e. The maximum absolute atomic E-state index is 11.0. The number of esters is 1. The molecule has 0 spiro atoms. The normalized spacial score (nSPS) is 13.2. The van der Waals surface area contributed by atoms with Gasteiger partial charge < -0.3 is 4.74 Å². The lowest BCUT2D eigenvalue weighted by molar-refractivity contribution is -0.143. The van der Waals surface area contributed by atoms with Gasteiger partial charge in [-0.25, -0.2) is 0 Å². The predicted octanol–water partition coefficient (Wildman–Crippen LogP) is 1.89. The van der Waals surface area contributed by atoms with E-state index in [-0.39, 0.29) is 17.1 Å². The predicted molar refractivity (Wildman–Crippen MR) is 48.9 cm³/mol. The smallest absolute Gasteiger partial charge is 0.319 e. The first kappa shape index (κ1) is 10.8. The van der Waals surface area contributed by atoms with Gasteiger partial charge in [0, 0.05) is 0 Å². The van der Waals surface area contributed by atoms with Gasteiger partial charge in [-0.3, -0.25) is 4.79 Å². The van der Waals surface area contributed by atoms with Gasteiger partial charge in [-0.05, 0) is 12.3 Å². The summed E-state index contributed by atoms with van der Waals surface area (Å²) < 4.78 is 4.90. The van der Waals surface area contributed by atoms with Crippen LogP contribution in [0.2, 0.25) is 0 Å². The van der Waals surface area contributed by atoms with Crippen LogP contribution < -0.4 is 0 Å². The summed E-state index contributed by atoms with van der Waals surface area (Å²) in [5, 5.41) is -0.276. The molecule has 0 aliphatic rings. The van der Waals surface area contributed by atoms with Crippen LogP contribution in [0, 0.1) is 5.92 Å². The minimum absolute atomic E-state index is 0.204. The first-order chi connectivity index (χ1) is 5.09. The van der Waals surface area contributed by atoms with Crippen molar-refractivity contribution in [3.8, 4) is 0 Å². The third-order valence-corrected chi connectivity index (χ3v) is 2.13. The fourth-order valence-electron chi connectivity index (χ4n) is 0.560. The number of rotatable bonds is 4. The largest absolute Gasteiger partial charge is 0.465 e. The SMILES string of the molecule is CCCOC(=O)C(S)C(C)C. The van der Waals surface area contributed by atoms with Crippen molar-refractivity contribution in [3.05, 3.63) is 0 Å². The molecule has 0 N–H and O–H groups in total. The van der Waals surface area contributed by atoms with Crippen molar-refractivity contribution in [2.45, 2.75) is 32.4 Å². The molecule has 0 fully saturated rings. The van der Waals surface area contributed by atoms with Gasteiger partial charge in [0.15, 0.2) is 0 Å². The van der Waals surface area contributed by atoms with E-state index in [0.29, 0.717) is 6.61 Å². The highest BCUT2D eigenvalue weighted by Crippen LogP contribution is 2.10. The Hall–Kier alpha value is -0.180. The number of hydrogen-bond acceptors (Lipinski definition) is 3. The Morgan fingerprint density at radius 1 is 1.55 bits per heavy atom. The Balaban J connectivity index is 3.64. The molecule has 0 aromatic carbocycles. The van der Waals surface area contributed by atoms with E-state index >= 15 is 0 Å². The topological polar surface area (TPSA) is 26.3 Å². The maximum Gasteiger partial charge on any atom is 0.319 e. The summed E-state index contributed by atoms with van der Waals surface area (Å²) in [4.78, 5) is 11.0. The molecular weight excluding hydrogens is 160 g/mol. The summed E-state index contributed by atoms with van der Waals surface area (Å²) in [6, 6.07) is 0. The molecule has 66 valence electrons. The summed E-state index contributed by atoms with van der Waals surface area (Å²) in [6.07, 6.45) is 0.865. The summed E-state index contributed by atoms with van der Waals surface area (Å²) in [7, 11) is 0. The molecule has 0 aliphatic carbocycles. The molecule has 11 heavy (non-hydrogen) atoms. The second-order valence-electron chi connectivity index (χ2n) is 2.86. The van der Waals surface area contributed by atoms with E-state index in [0.717, 1.165) is 6.42 Å². The van der Waals surface area contributed by atoms with E-state index in [2.05, 4.69) is 12.6 Å². The number of hydrogen-bond donors (Lipinski definition) is 1. The molecule has 0 aromatic heterocycles. The molecular formula is C8H16O2S. The third kappa shape index (κ3) is 4.30. The molecule has 1 unspecified atom stereocenters. The van der Waals surface area contributed by atoms with Crippen LogP contribution in [0.3, 0.4) is 0 Å². The first-order valence-electron chi connectivity index (χ1n) is 3.94. The second-order valence-corrected chi connectivity index (χ2v) is 3.41. The van der Waals surface area contributed by atoms with Gasteiger partial charge in [0.2, 0.25) is 0 Å². The standard InChI is InChI=1S/C8H16O2S/c1-4-5-10-8(9)7(11)6(2)3/h6-7,11H,4-5H2,1-3H3. The van der Waals surface area contributed by atoms with Crippen molar-refractivity contribution in [3.63, 3.8) is 0 Å². The lowest BCUT2D eigenvalue weighted by Gasteiger charge is -2.12. The average molecular weight is 176 g/mol. The Morgan fingerprint density at radius 2 is 2.09 bits per heavy atom. The summed E-state index contributed by atoms with van der Waals surface area (Å²) in [5.74, 6) is 0.0351. The number of carbonyl (C=O) groups excluding carboxylic acids is 1. The van der Waals surface area contributed by atoms with E-state index in [4.69, 9.17) is 4.74 Å². The van der Waals surface area contributed by atoms with Crippen LogP contribution in [0.5, 0.6) is 0 Å². The zero-order valence-corrected chi connectivity index (χ0v) is 8.23. The number of ether oxygens (including phenoxy) is 1. The number of carbonyl (C=O) groups is 1. The van der Waals surface area contributed by atoms with Crippen LogP contribution in [0.15, 0.2) is 0 Å². The third-order valence-electron chi connectivity index (χ3n) is 1.32. The molecule has 3 heteroatoms. The van der Waals surface area contributed by atoms with Gasteiger partial charge in [0.05, 0.1) is 6.61 Å². The van der Waals surface area contributed by atoms with Gasteiger partial charge in [-0.15, -0.1) is 0 Å². The van der Waals surface area contributed by atoms with E-state index in [1.807, 2.05) is 20.8 Å². The van der Waals surface area contributed by atoms with Crippen molar-refractivity contribution in [1.29, 1.82) is 0 Å². The van der Waals surface area contributed by atoms with E-state index in [1.165, 1.54) is 0 Å². The van der Waals surface area contributed by atoms with Crippen LogP contribution in [0.4, 0.5) is 0 Å². The minimum atomic E-state index is -0.276. The van der Waals surface area contributed by atoms with Crippen molar-refractivity contribution in [1.82, 2.24) is 0 Å². The van der Waals surface area contributed by atoms with Crippen LogP contribution >= 0.6 is 12.6 Å². The lowest BCUT2D eigenvalue weighted by atomic mass is 10.1. The summed E-state index contributed by atoms with van der Waals surface area (Å²) in [5.41, 5.74) is 0. The molecule has 0 saturated heterocycles. The lowest BCUT2D eigenvalue weighted by Crippen LogP contribution is -2.23. The van der Waals surface area contributed by atoms with Gasteiger partial charge in [-0.1, -0.05) is 20.8 Å². The quantitative estimate of drug-likeness (QED) is 0.523. The zero-order valence-electron chi connectivity index (χ0n) is 7.33. The molecule has 0 aliphatic heterocycles. The molecule has 0 radical (unpaired) electrons. The maximum atomic E-state index is 11.0. The van der Waals surface area contributed by atoms with Gasteiger partial charge in [0.25, 0.3) is 0 Å². The van der Waals surface area contributed by atoms with E-state index < -0.39 is 0 Å². The first-order valence-corrected chi connectivity index (χ1v) is 4.46. The Kier molecular flexibility index (Phi) is 5.38. The summed E-state index contributed by atoms with van der Waals surface area (Å²) >= 11 is 4.12. The average Bonchev–Trinajstić information content (AvgIpc) is 1.98. The van der Waals surface area contributed by atoms with Gasteiger partial charge in [-0.2, -0.15) is 12.6 Å². The Bertz CT molecular complexity index is 123. The molecule has 0 saturated carbocycles. The molecule has 0 bridgehead atoms. The van der Waals surface area contributed by atoms with Crippen molar-refractivity contribution in [2.75, 3.05) is 6.61 Å².